The van der Waals surface area contributed by atoms with E-state index in [1.54, 1.807) is 12.1 Å². The lowest BCUT2D eigenvalue weighted by molar-refractivity contribution is 0.281. The standard InChI is InChI=1S/C12H10Cl3NO3S2/c13-9-4-10(14)11(3-7(9)6-17)21(18,19)16-5-8-1-2-12(15)20-8/h1-4,16-17H,5-6H2. The van der Waals surface area contributed by atoms with Crippen LogP contribution in [0.5, 0.6) is 0 Å². The molecule has 0 bridgehead atoms. The third-order valence-electron chi connectivity index (χ3n) is 2.63. The monoisotopic (exact) mass is 385 g/mol. The van der Waals surface area contributed by atoms with Crippen LogP contribution in [0.4, 0.5) is 0 Å². The number of halogens is 3. The molecule has 0 aliphatic rings. The van der Waals surface area contributed by atoms with Gasteiger partial charge in [0.1, 0.15) is 4.90 Å². The van der Waals surface area contributed by atoms with Gasteiger partial charge in [-0.05, 0) is 29.8 Å². The van der Waals surface area contributed by atoms with E-state index in [9.17, 15) is 8.42 Å². The number of aliphatic hydroxyl groups excluding tert-OH is 1. The highest BCUT2D eigenvalue weighted by Gasteiger charge is 2.20. The number of thiophene rings is 1. The van der Waals surface area contributed by atoms with E-state index in [0.717, 1.165) is 4.88 Å². The molecule has 1 heterocycles. The van der Waals surface area contributed by atoms with Gasteiger partial charge in [0.05, 0.1) is 16.0 Å². The fraction of sp³-hybridized carbons (Fsp3) is 0.167. The zero-order valence-electron chi connectivity index (χ0n) is 10.4. The maximum absolute atomic E-state index is 12.3. The molecule has 0 aliphatic carbocycles. The third-order valence-corrected chi connectivity index (χ3v) is 6.07. The molecule has 1 aromatic heterocycles. The highest BCUT2D eigenvalue weighted by atomic mass is 35.5. The van der Waals surface area contributed by atoms with Gasteiger partial charge >= 0.3 is 0 Å². The molecule has 0 spiro atoms. The zero-order chi connectivity index (χ0) is 15.6. The quantitative estimate of drug-likeness (QED) is 0.824. The van der Waals surface area contributed by atoms with Gasteiger partial charge in [-0.3, -0.25) is 0 Å². The summed E-state index contributed by atoms with van der Waals surface area (Å²) >= 11 is 18.8. The van der Waals surface area contributed by atoms with Crippen LogP contribution >= 0.6 is 46.1 Å². The van der Waals surface area contributed by atoms with E-state index in [2.05, 4.69) is 4.72 Å². The summed E-state index contributed by atoms with van der Waals surface area (Å²) in [6.07, 6.45) is 0. The summed E-state index contributed by atoms with van der Waals surface area (Å²) in [6, 6.07) is 5.98. The van der Waals surface area contributed by atoms with Crippen LogP contribution in [0, 0.1) is 0 Å². The van der Waals surface area contributed by atoms with Gasteiger partial charge in [-0.15, -0.1) is 11.3 Å². The summed E-state index contributed by atoms with van der Waals surface area (Å²) < 4.78 is 27.5. The molecule has 0 fully saturated rings. The molecule has 9 heteroatoms. The van der Waals surface area contributed by atoms with Crippen LogP contribution in [0.15, 0.2) is 29.2 Å². The van der Waals surface area contributed by atoms with Gasteiger partial charge < -0.3 is 5.11 Å². The van der Waals surface area contributed by atoms with Crippen LogP contribution < -0.4 is 4.72 Å². The highest BCUT2D eigenvalue weighted by molar-refractivity contribution is 7.89. The van der Waals surface area contributed by atoms with E-state index < -0.39 is 10.0 Å². The SMILES string of the molecule is O=S(=O)(NCc1ccc(Cl)s1)c1cc(CO)c(Cl)cc1Cl. The van der Waals surface area contributed by atoms with Crippen molar-refractivity contribution >= 4 is 56.2 Å². The molecule has 0 atom stereocenters. The number of aliphatic hydroxyl groups is 1. The molecule has 2 N–H and O–H groups in total. The van der Waals surface area contributed by atoms with Gasteiger partial charge in [-0.25, -0.2) is 13.1 Å². The smallest absolute Gasteiger partial charge is 0.242 e. The normalized spacial score (nSPS) is 11.8. The van der Waals surface area contributed by atoms with Gasteiger partial charge in [0, 0.05) is 16.4 Å². The van der Waals surface area contributed by atoms with Crippen molar-refractivity contribution in [3.8, 4) is 0 Å². The molecule has 114 valence electrons. The summed E-state index contributed by atoms with van der Waals surface area (Å²) in [5.41, 5.74) is 0.292. The molecule has 0 aliphatic heterocycles. The van der Waals surface area contributed by atoms with E-state index in [-0.39, 0.29) is 28.1 Å². The van der Waals surface area contributed by atoms with E-state index >= 15 is 0 Å². The van der Waals surface area contributed by atoms with Gasteiger partial charge in [0.25, 0.3) is 0 Å². The van der Waals surface area contributed by atoms with Gasteiger partial charge in [-0.1, -0.05) is 34.8 Å². The van der Waals surface area contributed by atoms with Crippen LogP contribution in [0.3, 0.4) is 0 Å². The Kier molecular flexibility index (Phi) is 5.54. The second-order valence-electron chi connectivity index (χ2n) is 4.06. The first-order valence-electron chi connectivity index (χ1n) is 5.66. The summed E-state index contributed by atoms with van der Waals surface area (Å²) in [5, 5.41) is 9.36. The Balaban J connectivity index is 2.27. The van der Waals surface area contributed by atoms with Crippen molar-refractivity contribution in [1.82, 2.24) is 4.72 Å². The Hall–Kier alpha value is -0.340. The number of sulfonamides is 1. The van der Waals surface area contributed by atoms with E-state index in [4.69, 9.17) is 39.9 Å². The molecular formula is C12H10Cl3NO3S2. The molecular weight excluding hydrogens is 377 g/mol. The summed E-state index contributed by atoms with van der Waals surface area (Å²) in [5.74, 6) is 0. The predicted octanol–water partition coefficient (Wildman–Crippen LogP) is 3.68. The molecule has 0 unspecified atom stereocenters. The molecule has 2 aromatic rings. The maximum Gasteiger partial charge on any atom is 0.242 e. The minimum atomic E-state index is -3.82. The van der Waals surface area contributed by atoms with E-state index in [1.807, 2.05) is 0 Å². The molecule has 0 radical (unpaired) electrons. The van der Waals surface area contributed by atoms with Crippen molar-refractivity contribution in [1.29, 1.82) is 0 Å². The zero-order valence-corrected chi connectivity index (χ0v) is 14.3. The second kappa shape index (κ2) is 6.83. The molecule has 1 aromatic carbocycles. The number of benzene rings is 1. The first kappa shape index (κ1) is 17.0. The fourth-order valence-corrected chi connectivity index (χ4v) is 4.57. The minimum absolute atomic E-state index is 0.00564. The minimum Gasteiger partial charge on any atom is -0.392 e. The predicted molar refractivity (Wildman–Crippen MR) is 85.7 cm³/mol. The molecule has 2 rings (SSSR count). The lowest BCUT2D eigenvalue weighted by Gasteiger charge is -2.10. The summed E-state index contributed by atoms with van der Waals surface area (Å²) in [6.45, 7) is -0.272. The fourth-order valence-electron chi connectivity index (χ4n) is 1.59. The molecule has 21 heavy (non-hydrogen) atoms. The van der Waals surface area contributed by atoms with Crippen LogP contribution in [0.2, 0.25) is 14.4 Å². The topological polar surface area (TPSA) is 66.4 Å². The van der Waals surface area contributed by atoms with Crippen LogP contribution in [-0.4, -0.2) is 13.5 Å². The largest absolute Gasteiger partial charge is 0.392 e. The first-order valence-corrected chi connectivity index (χ1v) is 9.09. The summed E-state index contributed by atoms with van der Waals surface area (Å²) in [7, 11) is -3.82. The lowest BCUT2D eigenvalue weighted by atomic mass is 10.2. The molecule has 0 amide bonds. The van der Waals surface area contributed by atoms with E-state index in [1.165, 1.54) is 23.5 Å². The Morgan fingerprint density at radius 3 is 2.43 bits per heavy atom. The van der Waals surface area contributed by atoms with Crippen molar-refractivity contribution in [3.63, 3.8) is 0 Å². The van der Waals surface area contributed by atoms with Crippen molar-refractivity contribution in [3.05, 3.63) is 49.1 Å². The number of rotatable bonds is 5. The second-order valence-corrected chi connectivity index (χ2v) is 8.41. The first-order chi connectivity index (χ1) is 9.83. The lowest BCUT2D eigenvalue weighted by Crippen LogP contribution is -2.23. The van der Waals surface area contributed by atoms with Crippen molar-refractivity contribution in [2.75, 3.05) is 0 Å². The van der Waals surface area contributed by atoms with Crippen LogP contribution in [0.25, 0.3) is 0 Å². The Labute approximate surface area is 141 Å². The molecule has 0 saturated carbocycles. The van der Waals surface area contributed by atoms with E-state index in [0.29, 0.717) is 9.90 Å². The Bertz CT molecular complexity index is 759. The highest BCUT2D eigenvalue weighted by Crippen LogP contribution is 2.29. The van der Waals surface area contributed by atoms with Crippen molar-refractivity contribution < 1.29 is 13.5 Å². The summed E-state index contributed by atoms with van der Waals surface area (Å²) in [4.78, 5) is 0.649. The van der Waals surface area contributed by atoms with Crippen molar-refractivity contribution in [2.24, 2.45) is 0 Å². The Morgan fingerprint density at radius 2 is 1.86 bits per heavy atom. The average Bonchev–Trinajstić information content (AvgIpc) is 2.82. The van der Waals surface area contributed by atoms with Gasteiger partial charge in [-0.2, -0.15) is 0 Å². The number of hydrogen-bond acceptors (Lipinski definition) is 4. The molecule has 0 saturated heterocycles. The Morgan fingerprint density at radius 1 is 1.14 bits per heavy atom. The van der Waals surface area contributed by atoms with Crippen LogP contribution in [-0.2, 0) is 23.2 Å². The van der Waals surface area contributed by atoms with Crippen LogP contribution in [0.1, 0.15) is 10.4 Å². The third kappa shape index (κ3) is 4.10. The molecule has 4 nitrogen and oxygen atoms in total. The van der Waals surface area contributed by atoms with Gasteiger partial charge in [0.2, 0.25) is 10.0 Å². The maximum atomic E-state index is 12.3. The van der Waals surface area contributed by atoms with Gasteiger partial charge in [0.15, 0.2) is 0 Å². The number of hydrogen-bond donors (Lipinski definition) is 2. The van der Waals surface area contributed by atoms with Crippen molar-refractivity contribution in [2.45, 2.75) is 18.0 Å². The average molecular weight is 387 g/mol. The number of nitrogens with one attached hydrogen (secondary N) is 1.